The first-order valence-corrected chi connectivity index (χ1v) is 7.43. The van der Waals surface area contributed by atoms with Gasteiger partial charge in [0.15, 0.2) is 0 Å². The molecule has 1 aromatic carbocycles. The summed E-state index contributed by atoms with van der Waals surface area (Å²) < 4.78 is 4.95. The van der Waals surface area contributed by atoms with Crippen LogP contribution in [0.25, 0.3) is 0 Å². The number of benzene rings is 1. The van der Waals surface area contributed by atoms with Gasteiger partial charge in [0.25, 0.3) is 0 Å². The van der Waals surface area contributed by atoms with E-state index in [-0.39, 0.29) is 23.8 Å². The number of ether oxygens (including phenoxy) is 1. The summed E-state index contributed by atoms with van der Waals surface area (Å²) in [6, 6.07) is 6.92. The maximum absolute atomic E-state index is 12.2. The summed E-state index contributed by atoms with van der Waals surface area (Å²) in [4.78, 5) is 23.9. The monoisotopic (exact) mass is 290 g/mol. The van der Waals surface area contributed by atoms with Crippen molar-refractivity contribution in [3.8, 4) is 0 Å². The second-order valence-electron chi connectivity index (χ2n) is 5.41. The lowest BCUT2D eigenvalue weighted by atomic mass is 9.85. The van der Waals surface area contributed by atoms with E-state index in [9.17, 15) is 9.59 Å². The zero-order chi connectivity index (χ0) is 15.2. The van der Waals surface area contributed by atoms with Gasteiger partial charge in [0, 0.05) is 17.6 Å². The first-order valence-electron chi connectivity index (χ1n) is 7.43. The van der Waals surface area contributed by atoms with E-state index in [4.69, 9.17) is 10.5 Å². The third kappa shape index (κ3) is 4.29. The van der Waals surface area contributed by atoms with E-state index >= 15 is 0 Å². The second-order valence-corrected chi connectivity index (χ2v) is 5.41. The highest BCUT2D eigenvalue weighted by Crippen LogP contribution is 2.24. The second kappa shape index (κ2) is 7.22. The smallest absolute Gasteiger partial charge is 0.338 e. The van der Waals surface area contributed by atoms with Crippen molar-refractivity contribution in [1.82, 2.24) is 0 Å². The fourth-order valence-corrected chi connectivity index (χ4v) is 2.65. The maximum Gasteiger partial charge on any atom is 0.338 e. The first kappa shape index (κ1) is 15.5. The number of carbonyl (C=O) groups is 2. The van der Waals surface area contributed by atoms with Crippen molar-refractivity contribution >= 4 is 17.6 Å². The third-order valence-electron chi connectivity index (χ3n) is 3.73. The fourth-order valence-electron chi connectivity index (χ4n) is 2.65. The van der Waals surface area contributed by atoms with Gasteiger partial charge in [-0.05, 0) is 44.4 Å². The van der Waals surface area contributed by atoms with E-state index in [0.29, 0.717) is 17.9 Å². The minimum Gasteiger partial charge on any atom is -0.462 e. The summed E-state index contributed by atoms with van der Waals surface area (Å²) in [5.41, 5.74) is 6.97. The topological polar surface area (TPSA) is 81.4 Å². The van der Waals surface area contributed by atoms with Crippen LogP contribution in [0.15, 0.2) is 24.3 Å². The van der Waals surface area contributed by atoms with Crippen LogP contribution in [-0.4, -0.2) is 24.5 Å². The Morgan fingerprint density at radius 1 is 1.38 bits per heavy atom. The molecule has 0 aromatic heterocycles. The van der Waals surface area contributed by atoms with Gasteiger partial charge in [0.2, 0.25) is 5.91 Å². The van der Waals surface area contributed by atoms with Crippen LogP contribution in [0.3, 0.4) is 0 Å². The van der Waals surface area contributed by atoms with Crippen molar-refractivity contribution in [2.75, 3.05) is 11.9 Å². The van der Waals surface area contributed by atoms with Gasteiger partial charge in [0.05, 0.1) is 12.2 Å². The molecule has 0 heterocycles. The normalized spacial score (nSPS) is 21.6. The number of anilines is 1. The predicted octanol–water partition coefficient (Wildman–Crippen LogP) is 2.32. The quantitative estimate of drug-likeness (QED) is 0.834. The highest BCUT2D eigenvalue weighted by atomic mass is 16.5. The Morgan fingerprint density at radius 3 is 2.90 bits per heavy atom. The minimum absolute atomic E-state index is 0.0221. The van der Waals surface area contributed by atoms with E-state index < -0.39 is 0 Å². The van der Waals surface area contributed by atoms with Gasteiger partial charge in [-0.2, -0.15) is 0 Å². The van der Waals surface area contributed by atoms with Crippen LogP contribution < -0.4 is 11.1 Å². The third-order valence-corrected chi connectivity index (χ3v) is 3.73. The highest BCUT2D eigenvalue weighted by Gasteiger charge is 2.25. The van der Waals surface area contributed by atoms with Crippen molar-refractivity contribution in [2.24, 2.45) is 11.7 Å². The lowest BCUT2D eigenvalue weighted by Gasteiger charge is -2.25. The van der Waals surface area contributed by atoms with Crippen molar-refractivity contribution in [2.45, 2.75) is 38.6 Å². The van der Waals surface area contributed by atoms with Crippen LogP contribution in [0.1, 0.15) is 43.0 Å². The van der Waals surface area contributed by atoms with Crippen molar-refractivity contribution < 1.29 is 14.3 Å². The Balaban J connectivity index is 2.00. The zero-order valence-electron chi connectivity index (χ0n) is 12.3. The number of carbonyl (C=O) groups excluding carboxylic acids is 2. The average molecular weight is 290 g/mol. The first-order chi connectivity index (χ1) is 10.1. The summed E-state index contributed by atoms with van der Waals surface area (Å²) in [7, 11) is 0. The minimum atomic E-state index is -0.381. The van der Waals surface area contributed by atoms with E-state index in [0.717, 1.165) is 25.7 Å². The molecular formula is C16H22N2O3. The number of rotatable bonds is 4. The molecule has 114 valence electrons. The van der Waals surface area contributed by atoms with Crippen LogP contribution in [-0.2, 0) is 9.53 Å². The number of esters is 1. The van der Waals surface area contributed by atoms with E-state index in [1.54, 1.807) is 31.2 Å². The molecule has 0 saturated heterocycles. The molecule has 2 rings (SSSR count). The van der Waals surface area contributed by atoms with Crippen LogP contribution in [0, 0.1) is 5.92 Å². The van der Waals surface area contributed by atoms with E-state index in [1.807, 2.05) is 0 Å². The van der Waals surface area contributed by atoms with Crippen molar-refractivity contribution in [1.29, 1.82) is 0 Å². The lowest BCUT2D eigenvalue weighted by molar-refractivity contribution is -0.120. The number of amides is 1. The molecule has 1 aliphatic rings. The largest absolute Gasteiger partial charge is 0.462 e. The van der Waals surface area contributed by atoms with Gasteiger partial charge in [-0.1, -0.05) is 12.5 Å². The van der Waals surface area contributed by atoms with Crippen LogP contribution in [0.5, 0.6) is 0 Å². The molecular weight excluding hydrogens is 268 g/mol. The Kier molecular flexibility index (Phi) is 5.33. The average Bonchev–Trinajstić information content (AvgIpc) is 2.48. The molecule has 2 atom stereocenters. The van der Waals surface area contributed by atoms with Gasteiger partial charge in [0.1, 0.15) is 0 Å². The molecule has 0 radical (unpaired) electrons. The SMILES string of the molecule is CCOC(=O)c1cccc(NC(=O)C2CCCC(N)C2)c1. The number of hydrogen-bond acceptors (Lipinski definition) is 4. The van der Waals surface area contributed by atoms with E-state index in [2.05, 4.69) is 5.32 Å². The van der Waals surface area contributed by atoms with Crippen LogP contribution in [0.2, 0.25) is 0 Å². The Morgan fingerprint density at radius 2 is 2.19 bits per heavy atom. The fraction of sp³-hybridized carbons (Fsp3) is 0.500. The Hall–Kier alpha value is -1.88. The summed E-state index contributed by atoms with van der Waals surface area (Å²) >= 11 is 0. The Bertz CT molecular complexity index is 516. The molecule has 1 aliphatic carbocycles. The summed E-state index contributed by atoms with van der Waals surface area (Å²) in [5.74, 6) is -0.445. The predicted molar refractivity (Wildman–Crippen MR) is 81.0 cm³/mol. The molecule has 1 amide bonds. The molecule has 1 saturated carbocycles. The van der Waals surface area contributed by atoms with Crippen molar-refractivity contribution in [3.05, 3.63) is 29.8 Å². The van der Waals surface area contributed by atoms with Gasteiger partial charge >= 0.3 is 5.97 Å². The van der Waals surface area contributed by atoms with Crippen molar-refractivity contribution in [3.63, 3.8) is 0 Å². The van der Waals surface area contributed by atoms with E-state index in [1.165, 1.54) is 0 Å². The summed E-state index contributed by atoms with van der Waals surface area (Å²) in [6.07, 6.45) is 3.57. The molecule has 5 heteroatoms. The molecule has 0 aliphatic heterocycles. The highest BCUT2D eigenvalue weighted by molar-refractivity contribution is 5.95. The van der Waals surface area contributed by atoms with Gasteiger partial charge < -0.3 is 15.8 Å². The number of nitrogens with one attached hydrogen (secondary N) is 1. The molecule has 5 nitrogen and oxygen atoms in total. The zero-order valence-corrected chi connectivity index (χ0v) is 12.3. The Labute approximate surface area is 124 Å². The molecule has 21 heavy (non-hydrogen) atoms. The van der Waals surface area contributed by atoms with Gasteiger partial charge in [-0.15, -0.1) is 0 Å². The van der Waals surface area contributed by atoms with Gasteiger partial charge in [-0.25, -0.2) is 4.79 Å². The molecule has 0 spiro atoms. The molecule has 2 unspecified atom stereocenters. The lowest BCUT2D eigenvalue weighted by Crippen LogP contribution is -2.34. The summed E-state index contributed by atoms with van der Waals surface area (Å²) in [5, 5.41) is 2.87. The molecule has 1 fully saturated rings. The standard InChI is InChI=1S/C16H22N2O3/c1-2-21-16(20)12-6-4-8-14(10-12)18-15(19)11-5-3-7-13(17)9-11/h4,6,8,10-11,13H,2-3,5,7,9,17H2,1H3,(H,18,19). The molecule has 3 N–H and O–H groups in total. The van der Waals surface area contributed by atoms with Gasteiger partial charge in [-0.3, -0.25) is 4.79 Å². The number of hydrogen-bond donors (Lipinski definition) is 2. The summed E-state index contributed by atoms with van der Waals surface area (Å²) in [6.45, 7) is 2.09. The van der Waals surface area contributed by atoms with Crippen LogP contribution in [0.4, 0.5) is 5.69 Å². The van der Waals surface area contributed by atoms with Crippen LogP contribution >= 0.6 is 0 Å². The molecule has 1 aromatic rings. The maximum atomic E-state index is 12.2. The molecule has 0 bridgehead atoms. The number of nitrogens with two attached hydrogens (primary N) is 1.